The Morgan fingerprint density at radius 3 is 2.48 bits per heavy atom. The van der Waals surface area contributed by atoms with Gasteiger partial charge in [-0.05, 0) is 39.9 Å². The third-order valence-corrected chi connectivity index (χ3v) is 5.74. The van der Waals surface area contributed by atoms with Crippen molar-refractivity contribution in [3.8, 4) is 0 Å². The Labute approximate surface area is 170 Å². The first-order chi connectivity index (χ1) is 14.1. The van der Waals surface area contributed by atoms with Crippen molar-refractivity contribution in [1.82, 2.24) is 4.90 Å². The van der Waals surface area contributed by atoms with Gasteiger partial charge in [-0.25, -0.2) is 0 Å². The molecule has 0 saturated carbocycles. The zero-order chi connectivity index (χ0) is 20.2. The second-order valence-corrected chi connectivity index (χ2v) is 7.58. The van der Waals surface area contributed by atoms with E-state index in [1.165, 1.54) is 15.7 Å². The highest BCUT2D eigenvalue weighted by Gasteiger charge is 2.31. The van der Waals surface area contributed by atoms with Gasteiger partial charge in [0.25, 0.3) is 0 Å². The summed E-state index contributed by atoms with van der Waals surface area (Å²) in [7, 11) is 0. The molecule has 1 aliphatic rings. The molecule has 0 aliphatic carbocycles. The first kappa shape index (κ1) is 19.4. The lowest BCUT2D eigenvalue weighted by atomic mass is 9.86. The van der Waals surface area contributed by atoms with Crippen LogP contribution in [-0.2, 0) is 17.9 Å². The van der Waals surface area contributed by atoms with Gasteiger partial charge in [-0.3, -0.25) is 0 Å². The largest absolute Gasteiger partial charge is 0.530 e. The topological polar surface area (TPSA) is 78.6 Å². The zero-order valence-corrected chi connectivity index (χ0v) is 16.3. The van der Waals surface area contributed by atoms with Crippen molar-refractivity contribution < 1.29 is 14.6 Å². The number of carboxylic acid groups (broad SMARTS) is 1. The van der Waals surface area contributed by atoms with Crippen molar-refractivity contribution in [1.29, 1.82) is 0 Å². The van der Waals surface area contributed by atoms with Crippen LogP contribution in [0.1, 0.15) is 29.0 Å². The molecule has 5 nitrogen and oxygen atoms in total. The lowest BCUT2D eigenvalue weighted by molar-refractivity contribution is -0.268. The van der Waals surface area contributed by atoms with Crippen molar-refractivity contribution in [3.05, 3.63) is 83.4 Å². The van der Waals surface area contributed by atoms with Crippen molar-refractivity contribution in [2.75, 3.05) is 13.1 Å². The molecule has 1 fully saturated rings. The number of benzene rings is 3. The second kappa shape index (κ2) is 8.64. The van der Waals surface area contributed by atoms with E-state index in [0.717, 1.165) is 16.7 Å². The van der Waals surface area contributed by atoms with E-state index in [1.807, 2.05) is 24.3 Å². The number of fused-ring (bicyclic) bond motifs is 1. The molecular formula is C24H25N2O3-. The van der Waals surface area contributed by atoms with E-state index >= 15 is 0 Å². The fourth-order valence-electron chi connectivity index (χ4n) is 4.07. The van der Waals surface area contributed by atoms with Gasteiger partial charge < -0.3 is 25.3 Å². The molecular weight excluding hydrogens is 364 g/mol. The van der Waals surface area contributed by atoms with Crippen LogP contribution in [0.15, 0.2) is 66.7 Å². The Bertz CT molecular complexity index is 987. The van der Waals surface area contributed by atoms with Crippen LogP contribution in [0.3, 0.4) is 0 Å². The van der Waals surface area contributed by atoms with Crippen molar-refractivity contribution in [2.45, 2.75) is 31.6 Å². The molecule has 1 aliphatic heterocycles. The van der Waals surface area contributed by atoms with Gasteiger partial charge in [0.15, 0.2) is 0 Å². The summed E-state index contributed by atoms with van der Waals surface area (Å²) >= 11 is 0. The van der Waals surface area contributed by atoms with Crippen LogP contribution in [-0.4, -0.2) is 30.2 Å². The third kappa shape index (κ3) is 4.42. The number of hydrogen-bond donors (Lipinski definition) is 1. The van der Waals surface area contributed by atoms with Crippen molar-refractivity contribution >= 4 is 16.9 Å². The van der Waals surface area contributed by atoms with Gasteiger partial charge in [-0.1, -0.05) is 60.7 Å². The summed E-state index contributed by atoms with van der Waals surface area (Å²) in [6.45, 7) is 1.72. The summed E-state index contributed by atoms with van der Waals surface area (Å²) in [6.07, 6.45) is -0.656. The summed E-state index contributed by atoms with van der Waals surface area (Å²) in [5.41, 5.74) is 9.02. The third-order valence-electron chi connectivity index (χ3n) is 5.74. The summed E-state index contributed by atoms with van der Waals surface area (Å²) < 4.78 is 6.26. The number of hydrogen-bond acceptors (Lipinski definition) is 4. The molecule has 0 radical (unpaired) electrons. The van der Waals surface area contributed by atoms with Gasteiger partial charge in [-0.2, -0.15) is 0 Å². The number of carbonyl (C=O) groups is 1. The predicted octanol–water partition coefficient (Wildman–Crippen LogP) is 3.02. The molecule has 0 aromatic heterocycles. The number of ether oxygens (including phenoxy) is 1. The molecule has 5 heteroatoms. The highest BCUT2D eigenvalue weighted by Crippen LogP contribution is 2.31. The quantitative estimate of drug-likeness (QED) is 0.728. The van der Waals surface area contributed by atoms with E-state index in [9.17, 15) is 9.90 Å². The molecule has 0 spiro atoms. The molecule has 2 N–H and O–H groups in total. The molecule has 29 heavy (non-hydrogen) atoms. The molecule has 3 aromatic rings. The number of amides is 1. The monoisotopic (exact) mass is 389 g/mol. The van der Waals surface area contributed by atoms with Gasteiger partial charge in [-0.15, -0.1) is 0 Å². The van der Waals surface area contributed by atoms with E-state index < -0.39 is 6.09 Å². The number of rotatable bonds is 5. The Morgan fingerprint density at radius 1 is 1.03 bits per heavy atom. The fraction of sp³-hybridized carbons (Fsp3) is 0.292. The zero-order valence-electron chi connectivity index (χ0n) is 16.3. The first-order valence-electron chi connectivity index (χ1n) is 9.98. The number of nitrogens with zero attached hydrogens (tertiary/aromatic N) is 1. The molecule has 1 amide bonds. The van der Waals surface area contributed by atoms with E-state index in [1.54, 1.807) is 0 Å². The minimum absolute atomic E-state index is 0.137. The summed E-state index contributed by atoms with van der Waals surface area (Å²) in [4.78, 5) is 12.7. The van der Waals surface area contributed by atoms with E-state index in [4.69, 9.17) is 10.5 Å². The minimum atomic E-state index is -1.14. The Morgan fingerprint density at radius 2 is 1.76 bits per heavy atom. The summed E-state index contributed by atoms with van der Waals surface area (Å²) in [5, 5.41) is 13.8. The van der Waals surface area contributed by atoms with Crippen LogP contribution in [0, 0.1) is 0 Å². The molecule has 150 valence electrons. The highest BCUT2D eigenvalue weighted by atomic mass is 16.5. The van der Waals surface area contributed by atoms with Crippen LogP contribution < -0.4 is 10.8 Å². The summed E-state index contributed by atoms with van der Waals surface area (Å²) in [5.74, 6) is 0.137. The first-order valence-corrected chi connectivity index (χ1v) is 9.98. The molecule has 1 heterocycles. The average Bonchev–Trinajstić information content (AvgIpc) is 2.77. The molecule has 0 bridgehead atoms. The Hall–Kier alpha value is -2.89. The maximum absolute atomic E-state index is 11.4. The number of carbonyl (C=O) groups excluding carboxylic acids is 1. The Balaban J connectivity index is 1.52. The molecule has 3 aromatic carbocycles. The molecule has 2 unspecified atom stereocenters. The van der Waals surface area contributed by atoms with Gasteiger partial charge >= 0.3 is 0 Å². The average molecular weight is 389 g/mol. The number of piperidine rings is 1. The number of likely N-dealkylation sites (tertiary alicyclic amines) is 1. The van der Waals surface area contributed by atoms with Crippen LogP contribution in [0.25, 0.3) is 10.8 Å². The minimum Gasteiger partial charge on any atom is -0.530 e. The van der Waals surface area contributed by atoms with Crippen LogP contribution in [0.5, 0.6) is 0 Å². The molecule has 2 atom stereocenters. The van der Waals surface area contributed by atoms with Gasteiger partial charge in [0.1, 0.15) is 6.09 Å². The van der Waals surface area contributed by atoms with Crippen LogP contribution in [0.2, 0.25) is 0 Å². The van der Waals surface area contributed by atoms with Crippen LogP contribution in [0.4, 0.5) is 4.79 Å². The maximum Gasteiger partial charge on any atom is 0.137 e. The van der Waals surface area contributed by atoms with Crippen LogP contribution >= 0.6 is 0 Å². The molecule has 1 saturated heterocycles. The van der Waals surface area contributed by atoms with Gasteiger partial charge in [0, 0.05) is 25.6 Å². The highest BCUT2D eigenvalue weighted by molar-refractivity contribution is 5.82. The lowest BCUT2D eigenvalue weighted by Gasteiger charge is -2.40. The SMILES string of the molecule is NCc1ccc(C2CCN(C(=O)[O-])CC2OCc2ccc3ccccc3c2)cc1. The van der Waals surface area contributed by atoms with E-state index in [2.05, 4.69) is 42.5 Å². The number of nitrogens with two attached hydrogens (primary N) is 1. The van der Waals surface area contributed by atoms with Crippen molar-refractivity contribution in [3.63, 3.8) is 0 Å². The van der Waals surface area contributed by atoms with E-state index in [0.29, 0.717) is 32.7 Å². The lowest BCUT2D eigenvalue weighted by Crippen LogP contribution is -2.51. The second-order valence-electron chi connectivity index (χ2n) is 7.58. The summed E-state index contributed by atoms with van der Waals surface area (Å²) in [6, 6.07) is 22.7. The van der Waals surface area contributed by atoms with Gasteiger partial charge in [0.05, 0.1) is 12.7 Å². The maximum atomic E-state index is 11.4. The smallest absolute Gasteiger partial charge is 0.137 e. The van der Waals surface area contributed by atoms with E-state index in [-0.39, 0.29) is 12.0 Å². The molecule has 4 rings (SSSR count). The fourth-order valence-corrected chi connectivity index (χ4v) is 4.07. The standard InChI is InChI=1S/C24H26N2O3/c25-14-17-5-9-20(10-6-17)22-11-12-26(24(27)28)15-23(22)29-16-18-7-8-19-3-1-2-4-21(19)13-18/h1-10,13,22-23H,11-12,14-16,25H2,(H,27,28)/p-1. The van der Waals surface area contributed by atoms with Crippen molar-refractivity contribution in [2.24, 2.45) is 5.73 Å². The predicted molar refractivity (Wildman–Crippen MR) is 111 cm³/mol. The normalized spacial score (nSPS) is 19.4. The Kier molecular flexibility index (Phi) is 5.79. The van der Waals surface area contributed by atoms with Gasteiger partial charge in [0.2, 0.25) is 0 Å².